The summed E-state index contributed by atoms with van der Waals surface area (Å²) in [6.07, 6.45) is 0.593. The van der Waals surface area contributed by atoms with E-state index in [1.807, 2.05) is 45.0 Å². The first-order chi connectivity index (χ1) is 7.84. The van der Waals surface area contributed by atoms with Gasteiger partial charge in [-0.3, -0.25) is 4.79 Å². The quantitative estimate of drug-likeness (QED) is 0.792. The lowest BCUT2D eigenvalue weighted by atomic mass is 9.84. The van der Waals surface area contributed by atoms with E-state index in [-0.39, 0.29) is 11.3 Å². The molecule has 17 heavy (non-hydrogen) atoms. The molecular formula is C15H22O2. The van der Waals surface area contributed by atoms with E-state index in [9.17, 15) is 4.79 Å². The molecule has 0 aliphatic carbocycles. The maximum Gasteiger partial charge on any atom is 0.138 e. The van der Waals surface area contributed by atoms with Crippen molar-refractivity contribution in [3.63, 3.8) is 0 Å². The van der Waals surface area contributed by atoms with E-state index in [4.69, 9.17) is 4.74 Å². The van der Waals surface area contributed by atoms with E-state index in [1.165, 1.54) is 5.56 Å². The lowest BCUT2D eigenvalue weighted by Crippen LogP contribution is -2.21. The zero-order chi connectivity index (χ0) is 13.1. The van der Waals surface area contributed by atoms with Crippen LogP contribution in [0.1, 0.15) is 45.6 Å². The lowest BCUT2D eigenvalue weighted by molar-refractivity contribution is -0.126. The molecule has 1 atom stereocenters. The van der Waals surface area contributed by atoms with Crippen LogP contribution in [0.25, 0.3) is 0 Å². The first-order valence-electron chi connectivity index (χ1n) is 6.02. The SMILES string of the molecule is COc1ccc(C(C)CC(=O)C(C)(C)C)cc1. The maximum absolute atomic E-state index is 11.9. The molecule has 1 unspecified atom stereocenters. The Morgan fingerprint density at radius 1 is 1.24 bits per heavy atom. The number of hydrogen-bond acceptors (Lipinski definition) is 2. The molecule has 0 heterocycles. The van der Waals surface area contributed by atoms with Gasteiger partial charge in [0, 0.05) is 11.8 Å². The number of rotatable bonds is 4. The van der Waals surface area contributed by atoms with Crippen molar-refractivity contribution < 1.29 is 9.53 Å². The Morgan fingerprint density at radius 3 is 2.18 bits per heavy atom. The fourth-order valence-electron chi connectivity index (χ4n) is 1.63. The summed E-state index contributed by atoms with van der Waals surface area (Å²) in [6.45, 7) is 7.99. The number of carbonyl (C=O) groups excluding carboxylic acids is 1. The van der Waals surface area contributed by atoms with Gasteiger partial charge in [-0.1, -0.05) is 39.8 Å². The minimum atomic E-state index is -0.249. The Balaban J connectivity index is 2.70. The van der Waals surface area contributed by atoms with E-state index in [1.54, 1.807) is 7.11 Å². The molecule has 0 aliphatic rings. The van der Waals surface area contributed by atoms with Crippen LogP contribution in [0.5, 0.6) is 5.75 Å². The second-order valence-corrected chi connectivity index (χ2v) is 5.55. The molecule has 0 fully saturated rings. The number of Topliss-reactive ketones (excluding diaryl/α,β-unsaturated/α-hetero) is 1. The lowest BCUT2D eigenvalue weighted by Gasteiger charge is -2.20. The molecule has 1 aromatic rings. The first kappa shape index (κ1) is 13.8. The number of benzene rings is 1. The van der Waals surface area contributed by atoms with Crippen molar-refractivity contribution >= 4 is 5.78 Å². The van der Waals surface area contributed by atoms with Gasteiger partial charge in [-0.05, 0) is 23.6 Å². The molecule has 0 amide bonds. The highest BCUT2D eigenvalue weighted by atomic mass is 16.5. The highest BCUT2D eigenvalue weighted by Gasteiger charge is 2.23. The second-order valence-electron chi connectivity index (χ2n) is 5.55. The van der Waals surface area contributed by atoms with Crippen LogP contribution < -0.4 is 4.74 Å². The highest BCUT2D eigenvalue weighted by molar-refractivity contribution is 5.84. The van der Waals surface area contributed by atoms with Crippen LogP contribution in [-0.4, -0.2) is 12.9 Å². The molecule has 0 aliphatic heterocycles. The van der Waals surface area contributed by atoms with Gasteiger partial charge in [0.2, 0.25) is 0 Å². The third-order valence-corrected chi connectivity index (χ3v) is 3.01. The number of methoxy groups -OCH3 is 1. The van der Waals surface area contributed by atoms with Crippen molar-refractivity contribution in [2.24, 2.45) is 5.41 Å². The van der Waals surface area contributed by atoms with Gasteiger partial charge in [-0.25, -0.2) is 0 Å². The largest absolute Gasteiger partial charge is 0.497 e. The molecule has 2 heteroatoms. The van der Waals surface area contributed by atoms with E-state index >= 15 is 0 Å². The normalized spacial score (nSPS) is 13.2. The summed E-state index contributed by atoms with van der Waals surface area (Å²) in [4.78, 5) is 11.9. The predicted octanol–water partition coefficient (Wildman–Crippen LogP) is 3.80. The van der Waals surface area contributed by atoms with Crippen LogP contribution in [0.15, 0.2) is 24.3 Å². The van der Waals surface area contributed by atoms with Crippen LogP contribution in [0.3, 0.4) is 0 Å². The minimum Gasteiger partial charge on any atom is -0.497 e. The fraction of sp³-hybridized carbons (Fsp3) is 0.533. The molecule has 0 aromatic heterocycles. The summed E-state index contributed by atoms with van der Waals surface area (Å²) >= 11 is 0. The Labute approximate surface area is 104 Å². The van der Waals surface area contributed by atoms with Crippen molar-refractivity contribution in [3.8, 4) is 5.75 Å². The van der Waals surface area contributed by atoms with Gasteiger partial charge in [-0.2, -0.15) is 0 Å². The van der Waals surface area contributed by atoms with Gasteiger partial charge in [0.1, 0.15) is 11.5 Å². The van der Waals surface area contributed by atoms with Gasteiger partial charge in [0.05, 0.1) is 7.11 Å². The molecule has 1 aromatic carbocycles. The van der Waals surface area contributed by atoms with E-state index in [0.717, 1.165) is 5.75 Å². The first-order valence-corrected chi connectivity index (χ1v) is 6.02. The number of hydrogen-bond donors (Lipinski definition) is 0. The monoisotopic (exact) mass is 234 g/mol. The minimum absolute atomic E-state index is 0.249. The van der Waals surface area contributed by atoms with E-state index in [0.29, 0.717) is 12.2 Å². The smallest absolute Gasteiger partial charge is 0.138 e. The Bertz CT molecular complexity index is 371. The molecule has 0 spiro atoms. The molecule has 2 nitrogen and oxygen atoms in total. The molecule has 94 valence electrons. The van der Waals surface area contributed by atoms with Crippen molar-refractivity contribution in [1.82, 2.24) is 0 Å². The molecule has 0 saturated heterocycles. The summed E-state index contributed by atoms with van der Waals surface area (Å²) in [5, 5.41) is 0. The summed E-state index contributed by atoms with van der Waals surface area (Å²) in [5.74, 6) is 1.41. The zero-order valence-corrected chi connectivity index (χ0v) is 11.4. The van der Waals surface area contributed by atoms with Gasteiger partial charge in [0.15, 0.2) is 0 Å². The number of ether oxygens (including phenoxy) is 1. The van der Waals surface area contributed by atoms with Gasteiger partial charge < -0.3 is 4.74 Å². The van der Waals surface area contributed by atoms with Gasteiger partial charge in [0.25, 0.3) is 0 Å². The second kappa shape index (κ2) is 5.35. The zero-order valence-electron chi connectivity index (χ0n) is 11.4. The van der Waals surface area contributed by atoms with Crippen molar-refractivity contribution in [2.75, 3.05) is 7.11 Å². The fourth-order valence-corrected chi connectivity index (χ4v) is 1.63. The highest BCUT2D eigenvalue weighted by Crippen LogP contribution is 2.26. The maximum atomic E-state index is 11.9. The predicted molar refractivity (Wildman–Crippen MR) is 70.5 cm³/mol. The Kier molecular flexibility index (Phi) is 4.33. The molecule has 0 bridgehead atoms. The molecule has 0 radical (unpaired) electrons. The van der Waals surface area contributed by atoms with Crippen LogP contribution in [0.2, 0.25) is 0 Å². The Hall–Kier alpha value is -1.31. The molecule has 0 saturated carbocycles. The standard InChI is InChI=1S/C15H22O2/c1-11(10-14(16)15(2,3)4)12-6-8-13(17-5)9-7-12/h6-9,11H,10H2,1-5H3. The van der Waals surface area contributed by atoms with Gasteiger partial charge in [-0.15, -0.1) is 0 Å². The summed E-state index contributed by atoms with van der Waals surface area (Å²) in [6, 6.07) is 7.93. The molecular weight excluding hydrogens is 212 g/mol. The Morgan fingerprint density at radius 2 is 1.76 bits per heavy atom. The van der Waals surface area contributed by atoms with Crippen LogP contribution in [0.4, 0.5) is 0 Å². The van der Waals surface area contributed by atoms with Crippen LogP contribution in [0, 0.1) is 5.41 Å². The number of ketones is 1. The topological polar surface area (TPSA) is 26.3 Å². The average molecular weight is 234 g/mol. The van der Waals surface area contributed by atoms with E-state index in [2.05, 4.69) is 6.92 Å². The van der Waals surface area contributed by atoms with Crippen molar-refractivity contribution in [3.05, 3.63) is 29.8 Å². The third-order valence-electron chi connectivity index (χ3n) is 3.01. The van der Waals surface area contributed by atoms with Crippen molar-refractivity contribution in [1.29, 1.82) is 0 Å². The average Bonchev–Trinajstić information content (AvgIpc) is 2.27. The van der Waals surface area contributed by atoms with Crippen molar-refractivity contribution in [2.45, 2.75) is 40.0 Å². The van der Waals surface area contributed by atoms with Crippen LogP contribution >= 0.6 is 0 Å². The van der Waals surface area contributed by atoms with Crippen LogP contribution in [-0.2, 0) is 4.79 Å². The summed E-state index contributed by atoms with van der Waals surface area (Å²) in [5.41, 5.74) is 0.934. The van der Waals surface area contributed by atoms with Gasteiger partial charge >= 0.3 is 0 Å². The summed E-state index contributed by atoms with van der Waals surface area (Å²) in [7, 11) is 1.65. The van der Waals surface area contributed by atoms with E-state index < -0.39 is 0 Å². The molecule has 0 N–H and O–H groups in total. The summed E-state index contributed by atoms with van der Waals surface area (Å²) < 4.78 is 5.12. The third kappa shape index (κ3) is 3.88. The molecule has 1 rings (SSSR count). The number of carbonyl (C=O) groups is 1.